The Hall–Kier alpha value is -3.81. The van der Waals surface area contributed by atoms with Gasteiger partial charge in [-0.1, -0.05) is 24.3 Å². The van der Waals surface area contributed by atoms with Crippen LogP contribution in [0.15, 0.2) is 70.6 Å². The number of H-pyrrole nitrogens is 1. The minimum absolute atomic E-state index is 0.224. The highest BCUT2D eigenvalue weighted by Crippen LogP contribution is 2.15. The van der Waals surface area contributed by atoms with Gasteiger partial charge in [0.05, 0.1) is 23.3 Å². The number of nitrogens with zero attached hydrogens (tertiary/aromatic N) is 4. The minimum Gasteiger partial charge on any atom is -0.352 e. The number of benzene rings is 1. The van der Waals surface area contributed by atoms with E-state index in [-0.39, 0.29) is 11.1 Å². The summed E-state index contributed by atoms with van der Waals surface area (Å²) in [7, 11) is 0. The van der Waals surface area contributed by atoms with E-state index in [0.29, 0.717) is 23.6 Å². The molecule has 8 nitrogen and oxygen atoms in total. The molecule has 4 aromatic rings. The van der Waals surface area contributed by atoms with Gasteiger partial charge in [0.1, 0.15) is 0 Å². The van der Waals surface area contributed by atoms with E-state index >= 15 is 0 Å². The summed E-state index contributed by atoms with van der Waals surface area (Å²) in [6, 6.07) is 11.9. The Kier molecular flexibility index (Phi) is 4.67. The van der Waals surface area contributed by atoms with Crippen molar-refractivity contribution in [1.29, 1.82) is 0 Å². The molecule has 0 fully saturated rings. The van der Waals surface area contributed by atoms with Crippen LogP contribution in [0, 0.1) is 0 Å². The van der Waals surface area contributed by atoms with Crippen LogP contribution in [0.2, 0.25) is 0 Å². The topological polar surface area (TPSA) is 106 Å². The fourth-order valence-corrected chi connectivity index (χ4v) is 2.97. The van der Waals surface area contributed by atoms with Gasteiger partial charge in [0, 0.05) is 30.4 Å². The Balaban J connectivity index is 1.65. The summed E-state index contributed by atoms with van der Waals surface area (Å²) >= 11 is 0. The van der Waals surface area contributed by atoms with Crippen molar-refractivity contribution < 1.29 is 0 Å². The molecule has 0 bridgehead atoms. The van der Waals surface area contributed by atoms with Gasteiger partial charge in [0.15, 0.2) is 0 Å². The van der Waals surface area contributed by atoms with Crippen LogP contribution in [-0.4, -0.2) is 24.7 Å². The first kappa shape index (κ1) is 17.6. The molecule has 1 atom stereocenters. The highest BCUT2D eigenvalue weighted by Gasteiger charge is 2.15. The summed E-state index contributed by atoms with van der Waals surface area (Å²) in [5.41, 5.74) is 0.871. The molecular formula is C20H18N6O2. The summed E-state index contributed by atoms with van der Waals surface area (Å²) in [6.07, 6.45) is 5.07. The predicted octanol–water partition coefficient (Wildman–Crippen LogP) is 2.10. The van der Waals surface area contributed by atoms with Gasteiger partial charge >= 0.3 is 0 Å². The Morgan fingerprint density at radius 1 is 1.14 bits per heavy atom. The van der Waals surface area contributed by atoms with Crippen LogP contribution >= 0.6 is 0 Å². The van der Waals surface area contributed by atoms with Gasteiger partial charge in [-0.3, -0.25) is 19.6 Å². The van der Waals surface area contributed by atoms with Crippen LogP contribution in [0.4, 0.5) is 5.95 Å². The quantitative estimate of drug-likeness (QED) is 0.554. The number of aromatic amines is 1. The highest BCUT2D eigenvalue weighted by molar-refractivity contribution is 5.80. The third-order valence-corrected chi connectivity index (χ3v) is 4.46. The molecule has 140 valence electrons. The lowest BCUT2D eigenvalue weighted by atomic mass is 10.2. The Labute approximate surface area is 159 Å². The molecule has 4 rings (SSSR count). The van der Waals surface area contributed by atoms with Gasteiger partial charge in [0.25, 0.3) is 11.1 Å². The number of nitrogens with one attached hydrogen (secondary N) is 2. The summed E-state index contributed by atoms with van der Waals surface area (Å²) in [4.78, 5) is 36.1. The minimum atomic E-state index is -0.502. The molecule has 0 aliphatic rings. The number of aromatic nitrogens is 5. The summed E-state index contributed by atoms with van der Waals surface area (Å²) < 4.78 is 1.34. The molecule has 0 aliphatic carbocycles. The average molecular weight is 374 g/mol. The second-order valence-corrected chi connectivity index (χ2v) is 6.39. The largest absolute Gasteiger partial charge is 0.352 e. The van der Waals surface area contributed by atoms with Crippen molar-refractivity contribution in [3.05, 3.63) is 93.0 Å². The van der Waals surface area contributed by atoms with E-state index in [1.165, 1.54) is 10.7 Å². The maximum atomic E-state index is 12.8. The molecular weight excluding hydrogens is 356 g/mol. The van der Waals surface area contributed by atoms with E-state index in [4.69, 9.17) is 0 Å². The molecule has 2 N–H and O–H groups in total. The number of anilines is 1. The summed E-state index contributed by atoms with van der Waals surface area (Å²) in [6.45, 7) is 2.25. The van der Waals surface area contributed by atoms with Crippen LogP contribution in [0.25, 0.3) is 10.8 Å². The third-order valence-electron chi connectivity index (χ3n) is 4.46. The van der Waals surface area contributed by atoms with Crippen LogP contribution in [0.1, 0.15) is 24.2 Å². The second-order valence-electron chi connectivity index (χ2n) is 6.39. The first-order chi connectivity index (χ1) is 13.6. The lowest BCUT2D eigenvalue weighted by molar-refractivity contribution is 0.524. The van der Waals surface area contributed by atoms with E-state index in [0.717, 1.165) is 10.9 Å². The molecule has 0 saturated heterocycles. The molecule has 0 unspecified atom stereocenters. The number of rotatable bonds is 5. The fourth-order valence-electron chi connectivity index (χ4n) is 2.97. The van der Waals surface area contributed by atoms with E-state index in [1.54, 1.807) is 31.6 Å². The van der Waals surface area contributed by atoms with Gasteiger partial charge in [-0.2, -0.15) is 5.10 Å². The number of pyridine rings is 1. The molecule has 0 radical (unpaired) electrons. The van der Waals surface area contributed by atoms with Crippen molar-refractivity contribution in [3.8, 4) is 0 Å². The smallest absolute Gasteiger partial charge is 0.275 e. The summed E-state index contributed by atoms with van der Waals surface area (Å²) in [5, 5.41) is 8.68. The van der Waals surface area contributed by atoms with Crippen molar-refractivity contribution in [2.75, 3.05) is 5.32 Å². The molecule has 3 heterocycles. The normalized spacial score (nSPS) is 12.0. The third kappa shape index (κ3) is 3.52. The van der Waals surface area contributed by atoms with Gasteiger partial charge < -0.3 is 5.32 Å². The van der Waals surface area contributed by atoms with Crippen LogP contribution in [0.3, 0.4) is 0 Å². The van der Waals surface area contributed by atoms with Gasteiger partial charge in [-0.05, 0) is 24.6 Å². The highest BCUT2D eigenvalue weighted by atomic mass is 16.1. The Morgan fingerprint density at radius 2 is 2.00 bits per heavy atom. The van der Waals surface area contributed by atoms with Crippen molar-refractivity contribution in [2.24, 2.45) is 0 Å². The zero-order valence-electron chi connectivity index (χ0n) is 15.2. The average Bonchev–Trinajstić information content (AvgIpc) is 2.73. The lowest BCUT2D eigenvalue weighted by Crippen LogP contribution is -2.28. The zero-order valence-corrected chi connectivity index (χ0v) is 15.2. The summed E-state index contributed by atoms with van der Waals surface area (Å²) in [5.74, 6) is 0.326. The molecule has 0 aliphatic heterocycles. The zero-order chi connectivity index (χ0) is 19.5. The number of fused-ring (bicyclic) bond motifs is 1. The predicted molar refractivity (Wildman–Crippen MR) is 106 cm³/mol. The van der Waals surface area contributed by atoms with E-state index in [2.05, 4.69) is 25.4 Å². The monoisotopic (exact) mass is 374 g/mol. The molecule has 3 aromatic heterocycles. The van der Waals surface area contributed by atoms with Crippen molar-refractivity contribution in [1.82, 2.24) is 24.7 Å². The van der Waals surface area contributed by atoms with E-state index in [9.17, 15) is 9.59 Å². The Bertz CT molecular complexity index is 1230. The molecule has 0 amide bonds. The van der Waals surface area contributed by atoms with Crippen molar-refractivity contribution in [3.63, 3.8) is 0 Å². The maximum absolute atomic E-state index is 12.8. The number of hydrogen-bond donors (Lipinski definition) is 2. The molecule has 1 aromatic carbocycles. The SMILES string of the molecule is C[C@H](c1cc(=O)[nH]c(NCc2cccnc2)n1)n1ncc2ccccc2c1=O. The van der Waals surface area contributed by atoms with Crippen LogP contribution < -0.4 is 16.4 Å². The Morgan fingerprint density at radius 3 is 2.82 bits per heavy atom. The first-order valence-corrected chi connectivity index (χ1v) is 8.82. The lowest BCUT2D eigenvalue weighted by Gasteiger charge is -2.15. The van der Waals surface area contributed by atoms with Crippen LogP contribution in [0.5, 0.6) is 0 Å². The van der Waals surface area contributed by atoms with Crippen molar-refractivity contribution >= 4 is 16.7 Å². The maximum Gasteiger partial charge on any atom is 0.275 e. The molecule has 0 saturated carbocycles. The van der Waals surface area contributed by atoms with Crippen molar-refractivity contribution in [2.45, 2.75) is 19.5 Å². The van der Waals surface area contributed by atoms with E-state index in [1.807, 2.05) is 30.3 Å². The molecule has 0 spiro atoms. The van der Waals surface area contributed by atoms with Gasteiger partial charge in [-0.25, -0.2) is 9.67 Å². The van der Waals surface area contributed by atoms with Gasteiger partial charge in [-0.15, -0.1) is 0 Å². The van der Waals surface area contributed by atoms with E-state index < -0.39 is 6.04 Å². The second kappa shape index (κ2) is 7.43. The molecule has 8 heteroatoms. The van der Waals surface area contributed by atoms with Gasteiger partial charge in [0.2, 0.25) is 5.95 Å². The fraction of sp³-hybridized carbons (Fsp3) is 0.150. The molecule has 28 heavy (non-hydrogen) atoms. The standard InChI is InChI=1S/C20H18N6O2/c1-13(26-19(28)16-7-3-2-6-15(16)12-23-26)17-9-18(27)25-20(24-17)22-11-14-5-4-8-21-10-14/h2-10,12-13H,11H2,1H3,(H2,22,24,25,27)/t13-/m1/s1. The van der Waals surface area contributed by atoms with Crippen LogP contribution in [-0.2, 0) is 6.54 Å². The first-order valence-electron chi connectivity index (χ1n) is 8.82. The number of hydrogen-bond acceptors (Lipinski definition) is 6.